The lowest BCUT2D eigenvalue weighted by Gasteiger charge is -2.39. The number of hydrogen-bond donors (Lipinski definition) is 1. The smallest absolute Gasteiger partial charge is 0.0208 e. The molecular formula is C13H26N2. The molecule has 1 fully saturated rings. The third-order valence-electron chi connectivity index (χ3n) is 3.41. The Morgan fingerprint density at radius 2 is 1.93 bits per heavy atom. The van der Waals surface area contributed by atoms with Crippen molar-refractivity contribution >= 4 is 0 Å². The third kappa shape index (κ3) is 3.96. The van der Waals surface area contributed by atoms with Crippen molar-refractivity contribution in [3.63, 3.8) is 0 Å². The predicted molar refractivity (Wildman–Crippen MR) is 67.2 cm³/mol. The van der Waals surface area contributed by atoms with Crippen molar-refractivity contribution in [1.29, 1.82) is 0 Å². The lowest BCUT2D eigenvalue weighted by molar-refractivity contribution is 0.115. The van der Waals surface area contributed by atoms with Crippen molar-refractivity contribution in [2.24, 2.45) is 0 Å². The molecule has 0 aliphatic carbocycles. The van der Waals surface area contributed by atoms with Crippen LogP contribution in [-0.4, -0.2) is 36.6 Å². The van der Waals surface area contributed by atoms with E-state index in [9.17, 15) is 0 Å². The molecule has 1 aliphatic heterocycles. The van der Waals surface area contributed by atoms with Crippen molar-refractivity contribution < 1.29 is 0 Å². The Hall–Kier alpha value is -0.340. The van der Waals surface area contributed by atoms with Gasteiger partial charge in [-0.15, -0.1) is 0 Å². The first-order valence-electron chi connectivity index (χ1n) is 6.28. The predicted octanol–water partition coefficient (Wildman–Crippen LogP) is 2.42. The Morgan fingerprint density at radius 3 is 2.47 bits per heavy atom. The minimum atomic E-state index is 0.729. The van der Waals surface area contributed by atoms with Gasteiger partial charge in [0.15, 0.2) is 0 Å². The largest absolute Gasteiger partial charge is 0.313 e. The van der Waals surface area contributed by atoms with E-state index in [4.69, 9.17) is 0 Å². The molecule has 1 rings (SSSR count). The zero-order valence-corrected chi connectivity index (χ0v) is 10.6. The summed E-state index contributed by atoms with van der Waals surface area (Å²) in [5, 5.41) is 3.34. The monoisotopic (exact) mass is 210 g/mol. The highest BCUT2D eigenvalue weighted by Gasteiger charge is 2.24. The molecule has 0 aromatic heterocycles. The van der Waals surface area contributed by atoms with E-state index in [1.54, 1.807) is 0 Å². The van der Waals surface area contributed by atoms with Gasteiger partial charge in [0, 0.05) is 25.2 Å². The van der Waals surface area contributed by atoms with Crippen LogP contribution in [0.2, 0.25) is 0 Å². The van der Waals surface area contributed by atoms with Crippen molar-refractivity contribution in [3.05, 3.63) is 12.2 Å². The van der Waals surface area contributed by atoms with Gasteiger partial charge in [-0.3, -0.25) is 4.90 Å². The van der Waals surface area contributed by atoms with Crippen LogP contribution in [0.4, 0.5) is 0 Å². The Labute approximate surface area is 94.7 Å². The molecule has 1 heterocycles. The van der Waals surface area contributed by atoms with E-state index in [0.29, 0.717) is 0 Å². The summed E-state index contributed by atoms with van der Waals surface area (Å²) in [5.74, 6) is 0. The van der Waals surface area contributed by atoms with E-state index < -0.39 is 0 Å². The Kier molecular flexibility index (Phi) is 5.34. The number of hydrogen-bond acceptors (Lipinski definition) is 2. The lowest BCUT2D eigenvalue weighted by Crippen LogP contribution is -2.45. The minimum absolute atomic E-state index is 0.729. The highest BCUT2D eigenvalue weighted by atomic mass is 15.2. The second-order valence-corrected chi connectivity index (χ2v) is 4.83. The Bertz CT molecular complexity index is 191. The molecule has 15 heavy (non-hydrogen) atoms. The van der Waals surface area contributed by atoms with Crippen molar-refractivity contribution in [2.75, 3.05) is 19.6 Å². The number of likely N-dealkylation sites (N-methyl/N-ethyl adjacent to an activating group) is 1. The summed E-state index contributed by atoms with van der Waals surface area (Å²) in [4.78, 5) is 2.60. The number of nitrogens with zero attached hydrogens (tertiary/aromatic N) is 1. The fourth-order valence-electron chi connectivity index (χ4n) is 2.40. The zero-order chi connectivity index (χ0) is 11.3. The highest BCUT2D eigenvalue weighted by molar-refractivity contribution is 5.01. The Balaban J connectivity index is 2.37. The van der Waals surface area contributed by atoms with Crippen molar-refractivity contribution in [1.82, 2.24) is 10.2 Å². The molecule has 1 saturated heterocycles. The molecule has 2 atom stereocenters. The maximum Gasteiger partial charge on any atom is 0.0208 e. The van der Waals surface area contributed by atoms with Gasteiger partial charge in [0.05, 0.1) is 0 Å². The van der Waals surface area contributed by atoms with Crippen LogP contribution in [0.1, 0.15) is 40.0 Å². The molecule has 0 radical (unpaired) electrons. The number of nitrogens with one attached hydrogen (secondary N) is 1. The molecule has 0 aromatic carbocycles. The molecule has 0 bridgehead atoms. The minimum Gasteiger partial charge on any atom is -0.313 e. The number of likely N-dealkylation sites (tertiary alicyclic amines) is 1. The van der Waals surface area contributed by atoms with Crippen LogP contribution >= 0.6 is 0 Å². The second-order valence-electron chi connectivity index (χ2n) is 4.83. The fourth-order valence-corrected chi connectivity index (χ4v) is 2.40. The quantitative estimate of drug-likeness (QED) is 0.701. The molecule has 0 saturated carbocycles. The molecule has 1 aliphatic rings. The first-order chi connectivity index (χ1) is 7.15. The van der Waals surface area contributed by atoms with Crippen LogP contribution in [-0.2, 0) is 0 Å². The van der Waals surface area contributed by atoms with Gasteiger partial charge in [0.2, 0.25) is 0 Å². The molecule has 0 unspecified atom stereocenters. The van der Waals surface area contributed by atoms with Crippen LogP contribution in [0.3, 0.4) is 0 Å². The third-order valence-corrected chi connectivity index (χ3v) is 3.41. The molecule has 0 spiro atoms. The SMILES string of the molecule is C=C(CNCC)CN1[C@H](C)CCC[C@@H]1C. The summed E-state index contributed by atoms with van der Waals surface area (Å²) in [6, 6.07) is 1.46. The van der Waals surface area contributed by atoms with Gasteiger partial charge in [-0.1, -0.05) is 19.9 Å². The second kappa shape index (κ2) is 6.29. The van der Waals surface area contributed by atoms with Crippen molar-refractivity contribution in [2.45, 2.75) is 52.1 Å². The van der Waals surface area contributed by atoms with Gasteiger partial charge < -0.3 is 5.32 Å². The van der Waals surface area contributed by atoms with E-state index in [0.717, 1.165) is 31.7 Å². The average Bonchev–Trinajstić information content (AvgIpc) is 2.21. The van der Waals surface area contributed by atoms with Gasteiger partial charge >= 0.3 is 0 Å². The van der Waals surface area contributed by atoms with Gasteiger partial charge in [-0.2, -0.15) is 0 Å². The summed E-state index contributed by atoms with van der Waals surface area (Å²) in [6.07, 6.45) is 4.08. The van der Waals surface area contributed by atoms with Crippen molar-refractivity contribution in [3.8, 4) is 0 Å². The van der Waals surface area contributed by atoms with Gasteiger partial charge in [0.1, 0.15) is 0 Å². The van der Waals surface area contributed by atoms with E-state index in [1.165, 1.54) is 24.8 Å². The van der Waals surface area contributed by atoms with Crippen LogP contribution in [0.5, 0.6) is 0 Å². The van der Waals surface area contributed by atoms with Gasteiger partial charge in [0.25, 0.3) is 0 Å². The fraction of sp³-hybridized carbons (Fsp3) is 0.846. The lowest BCUT2D eigenvalue weighted by atomic mass is 9.97. The summed E-state index contributed by atoms with van der Waals surface area (Å²) in [6.45, 7) is 14.0. The summed E-state index contributed by atoms with van der Waals surface area (Å²) in [7, 11) is 0. The molecule has 1 N–H and O–H groups in total. The summed E-state index contributed by atoms with van der Waals surface area (Å²) < 4.78 is 0. The average molecular weight is 210 g/mol. The maximum atomic E-state index is 4.15. The first kappa shape index (κ1) is 12.7. The van der Waals surface area contributed by atoms with E-state index in [2.05, 4.69) is 37.6 Å². The number of piperidine rings is 1. The topological polar surface area (TPSA) is 15.3 Å². The molecule has 2 nitrogen and oxygen atoms in total. The number of rotatable bonds is 5. The molecule has 0 amide bonds. The molecular weight excluding hydrogens is 184 g/mol. The first-order valence-corrected chi connectivity index (χ1v) is 6.28. The van der Waals surface area contributed by atoms with Crippen LogP contribution in [0, 0.1) is 0 Å². The molecule has 88 valence electrons. The Morgan fingerprint density at radius 1 is 1.33 bits per heavy atom. The van der Waals surface area contributed by atoms with Crippen LogP contribution in [0.15, 0.2) is 12.2 Å². The molecule has 0 aromatic rings. The molecule has 2 heteroatoms. The summed E-state index contributed by atoms with van der Waals surface area (Å²) >= 11 is 0. The van der Waals surface area contributed by atoms with Gasteiger partial charge in [-0.05, 0) is 38.8 Å². The maximum absolute atomic E-state index is 4.15. The van der Waals surface area contributed by atoms with E-state index in [1.807, 2.05) is 0 Å². The van der Waals surface area contributed by atoms with Crippen LogP contribution < -0.4 is 5.32 Å². The van der Waals surface area contributed by atoms with E-state index in [-0.39, 0.29) is 0 Å². The normalized spacial score (nSPS) is 27.9. The van der Waals surface area contributed by atoms with Gasteiger partial charge in [-0.25, -0.2) is 0 Å². The zero-order valence-electron chi connectivity index (χ0n) is 10.6. The van der Waals surface area contributed by atoms with Crippen LogP contribution in [0.25, 0.3) is 0 Å². The summed E-state index contributed by atoms with van der Waals surface area (Å²) in [5.41, 5.74) is 1.32. The standard InChI is InChI=1S/C13H26N2/c1-5-14-9-11(2)10-15-12(3)7-6-8-13(15)4/h12-14H,2,5-10H2,1,3-4H3/t12-,13+. The van der Waals surface area contributed by atoms with E-state index >= 15 is 0 Å². The highest BCUT2D eigenvalue weighted by Crippen LogP contribution is 2.22.